The van der Waals surface area contributed by atoms with Crippen molar-refractivity contribution in [1.29, 1.82) is 0 Å². The number of fused-ring (bicyclic) bond motifs is 5. The van der Waals surface area contributed by atoms with Gasteiger partial charge in [0.05, 0.1) is 11.6 Å². The molecule has 0 aromatic heterocycles. The maximum atomic E-state index is 13.7. The van der Waals surface area contributed by atoms with Gasteiger partial charge in [-0.1, -0.05) is 25.1 Å². The zero-order valence-corrected chi connectivity index (χ0v) is 19.3. The predicted molar refractivity (Wildman–Crippen MR) is 120 cm³/mol. The molecule has 5 rings (SSSR count). The zero-order chi connectivity index (χ0) is 22.0. The SMILES string of the molecule is Cc1ccccc1C(=O)N1C(=O)CC[C@H]2[C@@H]3CCC4C[C@@H](O)CC[C@]4(C)[C@H]3CC[C@@]21C. The summed E-state index contributed by atoms with van der Waals surface area (Å²) in [7, 11) is 0. The molecule has 4 nitrogen and oxygen atoms in total. The average molecular weight is 424 g/mol. The summed E-state index contributed by atoms with van der Waals surface area (Å²) in [6.45, 7) is 6.63. The first-order valence-electron chi connectivity index (χ1n) is 12.4. The molecule has 0 spiro atoms. The van der Waals surface area contributed by atoms with Gasteiger partial charge in [0.25, 0.3) is 5.91 Å². The number of likely N-dealkylation sites (tertiary alicyclic amines) is 1. The molecule has 1 aromatic rings. The lowest BCUT2D eigenvalue weighted by molar-refractivity contribution is -0.162. The molecule has 0 bridgehead atoms. The van der Waals surface area contributed by atoms with E-state index >= 15 is 0 Å². The zero-order valence-electron chi connectivity index (χ0n) is 19.3. The summed E-state index contributed by atoms with van der Waals surface area (Å²) in [6.07, 6.45) is 8.63. The van der Waals surface area contributed by atoms with Gasteiger partial charge in [-0.25, -0.2) is 0 Å². The molecular formula is C27H37NO3. The molecule has 168 valence electrons. The second-order valence-corrected chi connectivity index (χ2v) is 11.4. The Morgan fingerprint density at radius 1 is 1.03 bits per heavy atom. The average Bonchev–Trinajstić information content (AvgIpc) is 2.73. The van der Waals surface area contributed by atoms with E-state index in [0.717, 1.165) is 44.1 Å². The Hall–Kier alpha value is -1.68. The molecule has 7 atom stereocenters. The fraction of sp³-hybridized carbons (Fsp3) is 0.704. The summed E-state index contributed by atoms with van der Waals surface area (Å²) in [5.74, 6) is 2.15. The lowest BCUT2D eigenvalue weighted by atomic mass is 9.45. The van der Waals surface area contributed by atoms with Crippen molar-refractivity contribution in [3.63, 3.8) is 0 Å². The summed E-state index contributed by atoms with van der Waals surface area (Å²) >= 11 is 0. The molecule has 2 amide bonds. The maximum Gasteiger partial charge on any atom is 0.261 e. The van der Waals surface area contributed by atoms with E-state index < -0.39 is 0 Å². The molecule has 4 aliphatic rings. The van der Waals surface area contributed by atoms with Crippen LogP contribution in [0, 0.1) is 36.0 Å². The van der Waals surface area contributed by atoms with Gasteiger partial charge >= 0.3 is 0 Å². The second-order valence-electron chi connectivity index (χ2n) is 11.4. The number of amides is 2. The molecule has 31 heavy (non-hydrogen) atoms. The van der Waals surface area contributed by atoms with Crippen molar-refractivity contribution < 1.29 is 14.7 Å². The van der Waals surface area contributed by atoms with Gasteiger partial charge in [0, 0.05) is 12.0 Å². The number of imide groups is 1. The van der Waals surface area contributed by atoms with Gasteiger partial charge in [-0.3, -0.25) is 14.5 Å². The molecule has 1 aliphatic heterocycles. The van der Waals surface area contributed by atoms with Crippen LogP contribution < -0.4 is 0 Å². The van der Waals surface area contributed by atoms with E-state index in [-0.39, 0.29) is 23.5 Å². The van der Waals surface area contributed by atoms with Crippen molar-refractivity contribution in [1.82, 2.24) is 4.90 Å². The van der Waals surface area contributed by atoms with Gasteiger partial charge in [-0.2, -0.15) is 0 Å². The Morgan fingerprint density at radius 3 is 2.58 bits per heavy atom. The van der Waals surface area contributed by atoms with Gasteiger partial charge in [0.2, 0.25) is 5.91 Å². The number of benzene rings is 1. The molecule has 0 radical (unpaired) electrons. The molecule has 1 aromatic carbocycles. The van der Waals surface area contributed by atoms with Crippen LogP contribution in [0.3, 0.4) is 0 Å². The highest BCUT2D eigenvalue weighted by Crippen LogP contribution is 2.63. The Kier molecular flexibility index (Phi) is 5.08. The summed E-state index contributed by atoms with van der Waals surface area (Å²) < 4.78 is 0. The van der Waals surface area contributed by atoms with Crippen LogP contribution in [0.15, 0.2) is 24.3 Å². The summed E-state index contributed by atoms with van der Waals surface area (Å²) in [5.41, 5.74) is 1.52. The van der Waals surface area contributed by atoms with Crippen molar-refractivity contribution in [3.05, 3.63) is 35.4 Å². The molecular weight excluding hydrogens is 386 g/mol. The highest BCUT2D eigenvalue weighted by Gasteiger charge is 2.60. The third kappa shape index (κ3) is 3.12. The first kappa shape index (κ1) is 21.2. The van der Waals surface area contributed by atoms with Crippen LogP contribution in [0.1, 0.15) is 87.6 Å². The second kappa shape index (κ2) is 7.43. The van der Waals surface area contributed by atoms with E-state index in [1.165, 1.54) is 12.8 Å². The number of carbonyl (C=O) groups is 2. The molecule has 4 fully saturated rings. The summed E-state index contributed by atoms with van der Waals surface area (Å²) in [6, 6.07) is 7.66. The minimum Gasteiger partial charge on any atom is -0.393 e. The van der Waals surface area contributed by atoms with Gasteiger partial charge < -0.3 is 5.11 Å². The number of piperidine rings is 1. The van der Waals surface area contributed by atoms with Crippen LogP contribution in [0.2, 0.25) is 0 Å². The van der Waals surface area contributed by atoms with Crippen LogP contribution in [0.5, 0.6) is 0 Å². The van der Waals surface area contributed by atoms with Gasteiger partial charge in [-0.15, -0.1) is 0 Å². The normalized spacial score (nSPS) is 42.4. The van der Waals surface area contributed by atoms with Crippen molar-refractivity contribution in [2.24, 2.45) is 29.1 Å². The molecule has 1 unspecified atom stereocenters. The molecule has 1 heterocycles. The Bertz CT molecular complexity index is 896. The Labute approximate surface area is 186 Å². The highest BCUT2D eigenvalue weighted by molar-refractivity contribution is 6.06. The summed E-state index contributed by atoms with van der Waals surface area (Å²) in [5, 5.41) is 10.3. The van der Waals surface area contributed by atoms with E-state index in [4.69, 9.17) is 0 Å². The number of hydrogen-bond donors (Lipinski definition) is 1. The van der Waals surface area contributed by atoms with Crippen molar-refractivity contribution in [3.8, 4) is 0 Å². The number of carbonyl (C=O) groups excluding carboxylic acids is 2. The number of aliphatic hydroxyl groups excluding tert-OH is 1. The highest BCUT2D eigenvalue weighted by atomic mass is 16.3. The van der Waals surface area contributed by atoms with Crippen LogP contribution in [-0.4, -0.2) is 33.5 Å². The fourth-order valence-electron chi connectivity index (χ4n) is 8.29. The van der Waals surface area contributed by atoms with E-state index in [1.807, 2.05) is 31.2 Å². The molecule has 3 saturated carbocycles. The first-order valence-corrected chi connectivity index (χ1v) is 12.4. The maximum absolute atomic E-state index is 13.7. The molecule has 3 aliphatic carbocycles. The Balaban J connectivity index is 1.47. The van der Waals surface area contributed by atoms with E-state index in [0.29, 0.717) is 41.1 Å². The largest absolute Gasteiger partial charge is 0.393 e. The number of nitrogens with zero attached hydrogens (tertiary/aromatic N) is 1. The number of aliphatic hydroxyl groups is 1. The predicted octanol–water partition coefficient (Wildman–Crippen LogP) is 5.12. The minimum absolute atomic E-state index is 0.00568. The third-order valence-electron chi connectivity index (χ3n) is 10.0. The van der Waals surface area contributed by atoms with Gasteiger partial charge in [-0.05, 0) is 106 Å². The van der Waals surface area contributed by atoms with Crippen LogP contribution in [-0.2, 0) is 4.79 Å². The summed E-state index contributed by atoms with van der Waals surface area (Å²) in [4.78, 5) is 28.5. The van der Waals surface area contributed by atoms with E-state index in [1.54, 1.807) is 4.90 Å². The lowest BCUT2D eigenvalue weighted by Gasteiger charge is -2.63. The van der Waals surface area contributed by atoms with E-state index in [9.17, 15) is 14.7 Å². The van der Waals surface area contributed by atoms with Crippen molar-refractivity contribution >= 4 is 11.8 Å². The van der Waals surface area contributed by atoms with Crippen LogP contribution in [0.4, 0.5) is 0 Å². The van der Waals surface area contributed by atoms with Crippen molar-refractivity contribution in [2.75, 3.05) is 0 Å². The molecule has 1 N–H and O–H groups in total. The topological polar surface area (TPSA) is 57.6 Å². The number of aryl methyl sites for hydroxylation is 1. The standard InChI is InChI=1S/C27H37NO3/c1-17-6-4-5-7-20(17)25(31)28-24(30)11-10-23-21-9-8-18-16-19(29)12-14-26(18,2)22(21)13-15-27(23,28)3/h4-7,18-19,21-23,29H,8-16H2,1-3H3/t18?,19-,21+,22-,23-,26-,27-/m0/s1. The van der Waals surface area contributed by atoms with Crippen molar-refractivity contribution in [2.45, 2.75) is 90.2 Å². The van der Waals surface area contributed by atoms with E-state index in [2.05, 4.69) is 13.8 Å². The number of rotatable bonds is 1. The molecule has 1 saturated heterocycles. The monoisotopic (exact) mass is 423 g/mol. The Morgan fingerprint density at radius 2 is 1.81 bits per heavy atom. The van der Waals surface area contributed by atoms with Crippen LogP contribution in [0.25, 0.3) is 0 Å². The smallest absolute Gasteiger partial charge is 0.261 e. The lowest BCUT2D eigenvalue weighted by Crippen LogP contribution is -2.66. The van der Waals surface area contributed by atoms with Crippen LogP contribution >= 0.6 is 0 Å². The number of hydrogen-bond acceptors (Lipinski definition) is 3. The van der Waals surface area contributed by atoms with Gasteiger partial charge in [0.1, 0.15) is 0 Å². The van der Waals surface area contributed by atoms with Gasteiger partial charge in [0.15, 0.2) is 0 Å². The fourth-order valence-corrected chi connectivity index (χ4v) is 8.29. The third-order valence-corrected chi connectivity index (χ3v) is 10.0. The first-order chi connectivity index (χ1) is 14.8. The minimum atomic E-state index is -0.382. The quantitative estimate of drug-likeness (QED) is 0.638. The molecule has 4 heteroatoms.